The summed E-state index contributed by atoms with van der Waals surface area (Å²) in [6.45, 7) is 6.91. The first-order valence-electron chi connectivity index (χ1n) is 9.09. The highest BCUT2D eigenvalue weighted by Gasteiger charge is 2.57. The summed E-state index contributed by atoms with van der Waals surface area (Å²) in [5.41, 5.74) is 2.60. The average molecular weight is 385 g/mol. The van der Waals surface area contributed by atoms with Gasteiger partial charge in [0.1, 0.15) is 11.5 Å². The van der Waals surface area contributed by atoms with E-state index in [-0.39, 0.29) is 11.7 Å². The van der Waals surface area contributed by atoms with Gasteiger partial charge in [-0.3, -0.25) is 4.79 Å². The standard InChI is InChI=1S/C22H22ClFN2O/c1-14-7-8-19-16(13-14)21(2,3)22(25-20(27)10-12-26(19)22)11-9-15-17(23)5-4-6-18(15)24/h4-9,11,13H,10,12H2,1-3H3,(H,25,27). The zero-order chi connectivity index (χ0) is 19.4. The van der Waals surface area contributed by atoms with Crippen molar-refractivity contribution in [2.24, 2.45) is 0 Å². The Morgan fingerprint density at radius 2 is 2.04 bits per heavy atom. The SMILES string of the molecule is Cc1ccc2c(c1)C(C)(C)C1(C=Cc3c(F)cccc3Cl)NC(=O)CCN21. The van der Waals surface area contributed by atoms with Crippen molar-refractivity contribution in [3.8, 4) is 0 Å². The van der Waals surface area contributed by atoms with Gasteiger partial charge in [0.15, 0.2) is 0 Å². The molecule has 1 amide bonds. The third kappa shape index (κ3) is 2.58. The molecule has 2 aromatic rings. The van der Waals surface area contributed by atoms with Crippen molar-refractivity contribution in [3.63, 3.8) is 0 Å². The molecule has 1 saturated heterocycles. The van der Waals surface area contributed by atoms with E-state index in [1.54, 1.807) is 18.2 Å². The van der Waals surface area contributed by atoms with E-state index in [2.05, 4.69) is 49.2 Å². The van der Waals surface area contributed by atoms with E-state index in [1.807, 2.05) is 6.08 Å². The predicted octanol–water partition coefficient (Wildman–Crippen LogP) is 4.81. The van der Waals surface area contributed by atoms with Gasteiger partial charge in [-0.1, -0.05) is 55.3 Å². The number of aryl methyl sites for hydroxylation is 1. The van der Waals surface area contributed by atoms with Crippen LogP contribution in [0.1, 0.15) is 37.0 Å². The smallest absolute Gasteiger partial charge is 0.223 e. The topological polar surface area (TPSA) is 32.3 Å². The Morgan fingerprint density at radius 1 is 1.26 bits per heavy atom. The molecule has 0 bridgehead atoms. The molecule has 2 aliphatic rings. The predicted molar refractivity (Wildman–Crippen MR) is 107 cm³/mol. The van der Waals surface area contributed by atoms with Crippen LogP contribution in [0.15, 0.2) is 42.5 Å². The second-order valence-electron chi connectivity index (χ2n) is 7.83. The summed E-state index contributed by atoms with van der Waals surface area (Å²) in [6.07, 6.45) is 4.01. The first-order valence-corrected chi connectivity index (χ1v) is 9.47. The van der Waals surface area contributed by atoms with Crippen LogP contribution in [0, 0.1) is 12.7 Å². The van der Waals surface area contributed by atoms with E-state index >= 15 is 0 Å². The molecule has 1 fully saturated rings. The molecule has 0 spiro atoms. The van der Waals surface area contributed by atoms with Crippen molar-refractivity contribution in [1.82, 2.24) is 5.32 Å². The maximum atomic E-state index is 14.3. The molecule has 1 unspecified atom stereocenters. The first-order chi connectivity index (χ1) is 12.8. The van der Waals surface area contributed by atoms with E-state index < -0.39 is 11.1 Å². The van der Waals surface area contributed by atoms with Gasteiger partial charge in [-0.15, -0.1) is 0 Å². The minimum Gasteiger partial charge on any atom is -0.344 e. The fraction of sp³-hybridized carbons (Fsp3) is 0.318. The number of carbonyl (C=O) groups is 1. The van der Waals surface area contributed by atoms with Gasteiger partial charge >= 0.3 is 0 Å². The molecule has 140 valence electrons. The minimum absolute atomic E-state index is 0.00636. The Kier molecular flexibility index (Phi) is 4.08. The lowest BCUT2D eigenvalue weighted by Crippen LogP contribution is -2.68. The summed E-state index contributed by atoms with van der Waals surface area (Å²) in [5, 5.41) is 3.54. The van der Waals surface area contributed by atoms with Crippen LogP contribution in [0.25, 0.3) is 6.08 Å². The maximum Gasteiger partial charge on any atom is 0.223 e. The van der Waals surface area contributed by atoms with Gasteiger partial charge in [-0.2, -0.15) is 0 Å². The zero-order valence-electron chi connectivity index (χ0n) is 15.6. The van der Waals surface area contributed by atoms with Gasteiger partial charge in [0.05, 0.1) is 5.02 Å². The summed E-state index contributed by atoms with van der Waals surface area (Å²) in [5.74, 6) is -0.388. The monoisotopic (exact) mass is 384 g/mol. The molecular formula is C22H22ClFN2O. The molecule has 3 nitrogen and oxygen atoms in total. The zero-order valence-corrected chi connectivity index (χ0v) is 16.4. The lowest BCUT2D eigenvalue weighted by atomic mass is 9.74. The molecule has 1 N–H and O–H groups in total. The van der Waals surface area contributed by atoms with Crippen LogP contribution in [0.4, 0.5) is 10.1 Å². The van der Waals surface area contributed by atoms with Crippen LogP contribution in [0.5, 0.6) is 0 Å². The fourth-order valence-electron chi connectivity index (χ4n) is 4.34. The number of anilines is 1. The van der Waals surface area contributed by atoms with Crippen LogP contribution >= 0.6 is 11.6 Å². The van der Waals surface area contributed by atoms with Crippen LogP contribution < -0.4 is 10.2 Å². The molecule has 4 rings (SSSR count). The number of halogens is 2. The number of nitrogens with zero attached hydrogens (tertiary/aromatic N) is 1. The number of hydrogen-bond donors (Lipinski definition) is 1. The van der Waals surface area contributed by atoms with Crippen LogP contribution in [-0.2, 0) is 10.2 Å². The molecule has 2 aliphatic heterocycles. The number of fused-ring (bicyclic) bond motifs is 3. The van der Waals surface area contributed by atoms with Gasteiger partial charge in [0.25, 0.3) is 0 Å². The van der Waals surface area contributed by atoms with Crippen LogP contribution in [0.3, 0.4) is 0 Å². The van der Waals surface area contributed by atoms with E-state index in [1.165, 1.54) is 17.2 Å². The van der Waals surface area contributed by atoms with E-state index in [4.69, 9.17) is 11.6 Å². The van der Waals surface area contributed by atoms with Gasteiger partial charge in [-0.25, -0.2) is 4.39 Å². The number of amides is 1. The molecular weight excluding hydrogens is 363 g/mol. The van der Waals surface area contributed by atoms with Crippen molar-refractivity contribution in [1.29, 1.82) is 0 Å². The summed E-state index contributed by atoms with van der Waals surface area (Å²) in [4.78, 5) is 14.6. The molecule has 2 aromatic carbocycles. The molecule has 0 radical (unpaired) electrons. The summed E-state index contributed by atoms with van der Waals surface area (Å²) < 4.78 is 14.3. The summed E-state index contributed by atoms with van der Waals surface area (Å²) in [6, 6.07) is 11.0. The van der Waals surface area contributed by atoms with E-state index in [9.17, 15) is 9.18 Å². The van der Waals surface area contributed by atoms with Gasteiger partial charge in [0.2, 0.25) is 5.91 Å². The lowest BCUT2D eigenvalue weighted by Gasteiger charge is -2.49. The highest BCUT2D eigenvalue weighted by Crippen LogP contribution is 2.52. The Balaban J connectivity index is 1.89. The van der Waals surface area contributed by atoms with Crippen LogP contribution in [0.2, 0.25) is 5.02 Å². The summed E-state index contributed by atoms with van der Waals surface area (Å²) in [7, 11) is 0. The maximum absolute atomic E-state index is 14.3. The Hall–Kier alpha value is -2.33. The van der Waals surface area contributed by atoms with Gasteiger partial charge in [0, 0.05) is 29.6 Å². The Labute approximate surface area is 163 Å². The van der Waals surface area contributed by atoms with Gasteiger partial charge in [-0.05, 0) is 36.8 Å². The molecule has 1 atom stereocenters. The largest absolute Gasteiger partial charge is 0.344 e. The number of benzene rings is 2. The third-order valence-corrected chi connectivity index (χ3v) is 6.21. The second kappa shape index (κ2) is 6.10. The second-order valence-corrected chi connectivity index (χ2v) is 8.24. The number of carbonyl (C=O) groups excluding carboxylic acids is 1. The lowest BCUT2D eigenvalue weighted by molar-refractivity contribution is -0.124. The van der Waals surface area contributed by atoms with Crippen molar-refractivity contribution in [2.45, 2.75) is 38.3 Å². The minimum atomic E-state index is -0.774. The van der Waals surface area contributed by atoms with Crippen molar-refractivity contribution >= 4 is 29.3 Å². The Bertz CT molecular complexity index is 949. The molecule has 0 aromatic heterocycles. The Morgan fingerprint density at radius 3 is 2.78 bits per heavy atom. The molecule has 0 aliphatic carbocycles. The number of hydrogen-bond acceptors (Lipinski definition) is 2. The normalized spacial score (nSPS) is 23.3. The molecule has 0 saturated carbocycles. The van der Waals surface area contributed by atoms with Crippen molar-refractivity contribution in [2.75, 3.05) is 11.4 Å². The number of rotatable bonds is 2. The third-order valence-electron chi connectivity index (χ3n) is 5.88. The van der Waals surface area contributed by atoms with Crippen molar-refractivity contribution < 1.29 is 9.18 Å². The van der Waals surface area contributed by atoms with Crippen molar-refractivity contribution in [3.05, 3.63) is 70.0 Å². The molecule has 2 heterocycles. The van der Waals surface area contributed by atoms with E-state index in [0.29, 0.717) is 23.6 Å². The summed E-state index contributed by atoms with van der Waals surface area (Å²) >= 11 is 6.21. The highest BCUT2D eigenvalue weighted by atomic mass is 35.5. The molecule has 5 heteroatoms. The van der Waals surface area contributed by atoms with Crippen LogP contribution in [-0.4, -0.2) is 18.1 Å². The highest BCUT2D eigenvalue weighted by molar-refractivity contribution is 6.32. The quantitative estimate of drug-likeness (QED) is 0.805. The first kappa shape index (κ1) is 18.1. The fourth-order valence-corrected chi connectivity index (χ4v) is 4.57. The van der Waals surface area contributed by atoms with Gasteiger partial charge < -0.3 is 10.2 Å². The number of nitrogens with one attached hydrogen (secondary N) is 1. The average Bonchev–Trinajstić information content (AvgIpc) is 2.79. The van der Waals surface area contributed by atoms with E-state index in [0.717, 1.165) is 5.69 Å². The molecule has 27 heavy (non-hydrogen) atoms.